The number of hydrogen-bond donors (Lipinski definition) is 1. The lowest BCUT2D eigenvalue weighted by Crippen LogP contribution is -2.41. The molecule has 0 saturated carbocycles. The normalized spacial score (nSPS) is 21.5. The largest absolute Gasteiger partial charge is 0.313 e. The lowest BCUT2D eigenvalue weighted by Gasteiger charge is -2.30. The van der Waals surface area contributed by atoms with Crippen LogP contribution in [0, 0.1) is 0 Å². The molecule has 0 aliphatic carbocycles. The fourth-order valence-corrected chi connectivity index (χ4v) is 5.37. The van der Waals surface area contributed by atoms with Crippen LogP contribution in [0.15, 0.2) is 12.3 Å². The van der Waals surface area contributed by atoms with Crippen LogP contribution in [-0.2, 0) is 13.5 Å². The summed E-state index contributed by atoms with van der Waals surface area (Å²) >= 11 is 4.27. The van der Waals surface area contributed by atoms with Crippen LogP contribution >= 0.6 is 23.5 Å². The molecule has 19 heavy (non-hydrogen) atoms. The van der Waals surface area contributed by atoms with Crippen molar-refractivity contribution in [1.29, 1.82) is 0 Å². The molecule has 1 aliphatic rings. The van der Waals surface area contributed by atoms with Gasteiger partial charge in [-0.05, 0) is 31.9 Å². The van der Waals surface area contributed by atoms with Gasteiger partial charge in [0.2, 0.25) is 0 Å². The van der Waals surface area contributed by atoms with Crippen LogP contribution in [0.2, 0.25) is 0 Å². The van der Waals surface area contributed by atoms with Gasteiger partial charge in [-0.3, -0.25) is 4.68 Å². The average molecular weight is 300 g/mol. The molecule has 1 fully saturated rings. The molecule has 108 valence electrons. The number of thioether (sulfide) groups is 2. The van der Waals surface area contributed by atoms with Crippen LogP contribution in [0.5, 0.6) is 0 Å². The monoisotopic (exact) mass is 299 g/mol. The molecule has 1 aromatic rings. The van der Waals surface area contributed by atoms with Gasteiger partial charge in [-0.25, -0.2) is 0 Å². The molecule has 3 nitrogen and oxygen atoms in total. The van der Waals surface area contributed by atoms with Crippen molar-refractivity contribution in [2.45, 2.75) is 37.5 Å². The summed E-state index contributed by atoms with van der Waals surface area (Å²) in [5.74, 6) is 3.94. The molecule has 0 spiro atoms. The van der Waals surface area contributed by atoms with E-state index in [1.807, 2.05) is 17.9 Å². The van der Waals surface area contributed by atoms with Crippen molar-refractivity contribution < 1.29 is 0 Å². The smallest absolute Gasteiger partial charge is 0.0492 e. The Balaban J connectivity index is 1.87. The highest BCUT2D eigenvalue weighted by Crippen LogP contribution is 2.28. The molecule has 1 saturated heterocycles. The fourth-order valence-electron chi connectivity index (χ4n) is 2.44. The van der Waals surface area contributed by atoms with Gasteiger partial charge in [0, 0.05) is 47.5 Å². The quantitative estimate of drug-likeness (QED) is 0.838. The Bertz CT molecular complexity index is 361. The predicted octanol–water partition coefficient (Wildman–Crippen LogP) is 2.57. The number of nitrogens with zero attached hydrogens (tertiary/aromatic N) is 2. The number of hydrogen-bond acceptors (Lipinski definition) is 4. The molecule has 0 aromatic carbocycles. The van der Waals surface area contributed by atoms with Gasteiger partial charge in [0.1, 0.15) is 0 Å². The molecule has 0 amide bonds. The molecule has 2 unspecified atom stereocenters. The van der Waals surface area contributed by atoms with E-state index in [1.165, 1.54) is 35.8 Å². The Labute approximate surface area is 125 Å². The summed E-state index contributed by atoms with van der Waals surface area (Å²) < 4.78 is 2.00. The SMILES string of the molecule is CCCNC(CCc1ccnn1C)C1CSCCS1. The molecule has 2 rings (SSSR count). The molecule has 2 atom stereocenters. The van der Waals surface area contributed by atoms with Crippen molar-refractivity contribution in [3.8, 4) is 0 Å². The van der Waals surface area contributed by atoms with Gasteiger partial charge in [-0.1, -0.05) is 6.92 Å². The first-order valence-electron chi connectivity index (χ1n) is 7.21. The highest BCUT2D eigenvalue weighted by atomic mass is 32.2. The standard InChI is InChI=1S/C14H25N3S2/c1-3-7-15-13(14-11-18-9-10-19-14)5-4-12-6-8-16-17(12)2/h6,8,13-15H,3-5,7,9-11H2,1-2H3. The number of aromatic nitrogens is 2. The Morgan fingerprint density at radius 1 is 1.53 bits per heavy atom. The summed E-state index contributed by atoms with van der Waals surface area (Å²) in [7, 11) is 2.04. The molecule has 0 radical (unpaired) electrons. The van der Waals surface area contributed by atoms with E-state index < -0.39 is 0 Å². The van der Waals surface area contributed by atoms with Gasteiger partial charge < -0.3 is 5.32 Å². The van der Waals surface area contributed by atoms with Crippen molar-refractivity contribution in [2.24, 2.45) is 7.05 Å². The number of aryl methyl sites for hydroxylation is 2. The Morgan fingerprint density at radius 2 is 2.42 bits per heavy atom. The maximum atomic E-state index is 4.26. The Kier molecular flexibility index (Phi) is 6.61. The number of rotatable bonds is 7. The summed E-state index contributed by atoms with van der Waals surface area (Å²) in [6.07, 6.45) is 5.46. The predicted molar refractivity (Wildman–Crippen MR) is 87.2 cm³/mol. The van der Waals surface area contributed by atoms with Gasteiger partial charge in [-0.15, -0.1) is 0 Å². The van der Waals surface area contributed by atoms with E-state index in [2.05, 4.69) is 46.9 Å². The average Bonchev–Trinajstić information content (AvgIpc) is 2.85. The van der Waals surface area contributed by atoms with E-state index in [-0.39, 0.29) is 0 Å². The minimum absolute atomic E-state index is 0.646. The molecule has 2 heterocycles. The third-order valence-electron chi connectivity index (χ3n) is 3.58. The van der Waals surface area contributed by atoms with Crippen molar-refractivity contribution in [3.63, 3.8) is 0 Å². The zero-order chi connectivity index (χ0) is 13.5. The van der Waals surface area contributed by atoms with E-state index in [0.29, 0.717) is 6.04 Å². The molecular weight excluding hydrogens is 274 g/mol. The molecule has 1 N–H and O–H groups in total. The first-order chi connectivity index (χ1) is 9.31. The summed E-state index contributed by atoms with van der Waals surface area (Å²) in [4.78, 5) is 0. The zero-order valence-corrected chi connectivity index (χ0v) is 13.6. The summed E-state index contributed by atoms with van der Waals surface area (Å²) in [6.45, 7) is 3.38. The van der Waals surface area contributed by atoms with E-state index >= 15 is 0 Å². The Hall–Kier alpha value is -0.130. The first kappa shape index (κ1) is 15.3. The van der Waals surface area contributed by atoms with Crippen LogP contribution in [0.4, 0.5) is 0 Å². The fraction of sp³-hybridized carbons (Fsp3) is 0.786. The van der Waals surface area contributed by atoms with Gasteiger partial charge in [0.15, 0.2) is 0 Å². The van der Waals surface area contributed by atoms with Crippen molar-refractivity contribution >= 4 is 23.5 Å². The Morgan fingerprint density at radius 3 is 3.05 bits per heavy atom. The van der Waals surface area contributed by atoms with E-state index in [9.17, 15) is 0 Å². The zero-order valence-electron chi connectivity index (χ0n) is 12.0. The maximum absolute atomic E-state index is 4.26. The minimum Gasteiger partial charge on any atom is -0.313 e. The van der Waals surface area contributed by atoms with Gasteiger partial charge >= 0.3 is 0 Å². The number of nitrogens with one attached hydrogen (secondary N) is 1. The molecular formula is C14H25N3S2. The molecule has 1 aromatic heterocycles. The van der Waals surface area contributed by atoms with Gasteiger partial charge in [0.25, 0.3) is 0 Å². The van der Waals surface area contributed by atoms with Crippen molar-refractivity contribution in [2.75, 3.05) is 23.8 Å². The highest BCUT2D eigenvalue weighted by molar-refractivity contribution is 8.06. The lowest BCUT2D eigenvalue weighted by molar-refractivity contribution is 0.472. The summed E-state index contributed by atoms with van der Waals surface area (Å²) in [5, 5.41) is 8.79. The molecule has 5 heteroatoms. The highest BCUT2D eigenvalue weighted by Gasteiger charge is 2.24. The minimum atomic E-state index is 0.646. The van der Waals surface area contributed by atoms with Gasteiger partial charge in [0.05, 0.1) is 0 Å². The summed E-state index contributed by atoms with van der Waals surface area (Å²) in [6, 6.07) is 2.78. The first-order valence-corrected chi connectivity index (χ1v) is 9.41. The molecule has 0 bridgehead atoms. The van der Waals surface area contributed by atoms with Crippen LogP contribution in [0.25, 0.3) is 0 Å². The van der Waals surface area contributed by atoms with Crippen LogP contribution in [-0.4, -0.2) is 44.9 Å². The van der Waals surface area contributed by atoms with Crippen LogP contribution in [0.1, 0.15) is 25.5 Å². The van der Waals surface area contributed by atoms with Crippen LogP contribution < -0.4 is 5.32 Å². The lowest BCUT2D eigenvalue weighted by atomic mass is 10.1. The van der Waals surface area contributed by atoms with E-state index in [0.717, 1.165) is 18.2 Å². The van der Waals surface area contributed by atoms with Crippen molar-refractivity contribution in [3.05, 3.63) is 18.0 Å². The van der Waals surface area contributed by atoms with Crippen LogP contribution in [0.3, 0.4) is 0 Å². The second kappa shape index (κ2) is 8.22. The van der Waals surface area contributed by atoms with E-state index in [4.69, 9.17) is 0 Å². The van der Waals surface area contributed by atoms with E-state index in [1.54, 1.807) is 0 Å². The summed E-state index contributed by atoms with van der Waals surface area (Å²) in [5.41, 5.74) is 1.34. The third kappa shape index (κ3) is 4.72. The second-order valence-corrected chi connectivity index (χ2v) is 7.53. The molecule has 1 aliphatic heterocycles. The topological polar surface area (TPSA) is 29.9 Å². The third-order valence-corrected chi connectivity index (χ3v) is 6.50. The van der Waals surface area contributed by atoms with Crippen molar-refractivity contribution in [1.82, 2.24) is 15.1 Å². The maximum Gasteiger partial charge on any atom is 0.0492 e. The van der Waals surface area contributed by atoms with Gasteiger partial charge in [-0.2, -0.15) is 28.6 Å². The second-order valence-electron chi connectivity index (χ2n) is 5.03.